The van der Waals surface area contributed by atoms with Crippen molar-refractivity contribution in [2.45, 2.75) is 38.3 Å². The van der Waals surface area contributed by atoms with Gasteiger partial charge in [-0.3, -0.25) is 15.0 Å². The van der Waals surface area contributed by atoms with Crippen LogP contribution in [0.5, 0.6) is 0 Å². The number of amides is 2. The van der Waals surface area contributed by atoms with Crippen molar-refractivity contribution < 1.29 is 19.1 Å². The average Bonchev–Trinajstić information content (AvgIpc) is 2.95. The van der Waals surface area contributed by atoms with Gasteiger partial charge in [-0.1, -0.05) is 72.8 Å². The lowest BCUT2D eigenvalue weighted by Gasteiger charge is -2.22. The maximum atomic E-state index is 13.0. The third kappa shape index (κ3) is 8.43. The van der Waals surface area contributed by atoms with Crippen LogP contribution in [-0.4, -0.2) is 48.9 Å². The molecular weight excluding hydrogens is 494 g/mol. The summed E-state index contributed by atoms with van der Waals surface area (Å²) >= 11 is 0. The molecule has 3 aromatic rings. The molecule has 204 valence electrons. The summed E-state index contributed by atoms with van der Waals surface area (Å²) in [5.74, 6) is -1.92. The molecule has 0 bridgehead atoms. The van der Waals surface area contributed by atoms with Crippen LogP contribution in [0.15, 0.2) is 84.9 Å². The van der Waals surface area contributed by atoms with E-state index in [9.17, 15) is 14.4 Å². The van der Waals surface area contributed by atoms with Gasteiger partial charge in [0.05, 0.1) is 6.61 Å². The number of carbonyl (C=O) groups excluding carboxylic acids is 3. The lowest BCUT2D eigenvalue weighted by atomic mass is 9.88. The Labute approximate surface area is 228 Å². The predicted octanol–water partition coefficient (Wildman–Crippen LogP) is 3.16. The zero-order valence-electron chi connectivity index (χ0n) is 22.1. The van der Waals surface area contributed by atoms with Crippen molar-refractivity contribution in [1.82, 2.24) is 10.6 Å². The van der Waals surface area contributed by atoms with Crippen LogP contribution in [0.1, 0.15) is 42.9 Å². The summed E-state index contributed by atoms with van der Waals surface area (Å²) < 4.78 is 5.06. The molecule has 0 saturated heterocycles. The fraction of sp³-hybridized carbons (Fsp3) is 0.267. The van der Waals surface area contributed by atoms with Gasteiger partial charge in [-0.2, -0.15) is 0 Å². The molecule has 0 aliphatic carbocycles. The first kappa shape index (κ1) is 28.9. The van der Waals surface area contributed by atoms with Crippen LogP contribution in [-0.2, 0) is 19.1 Å². The van der Waals surface area contributed by atoms with Crippen LogP contribution in [0.3, 0.4) is 0 Å². The highest BCUT2D eigenvalue weighted by Gasteiger charge is 2.30. The number of benzene rings is 3. The maximum absolute atomic E-state index is 13.0. The first-order valence-electron chi connectivity index (χ1n) is 12.9. The van der Waals surface area contributed by atoms with Gasteiger partial charge in [0.25, 0.3) is 5.91 Å². The number of anilines is 1. The van der Waals surface area contributed by atoms with Crippen LogP contribution < -0.4 is 21.7 Å². The summed E-state index contributed by atoms with van der Waals surface area (Å²) in [7, 11) is 0. The van der Waals surface area contributed by atoms with Gasteiger partial charge in [0.1, 0.15) is 11.9 Å². The number of nitrogen functional groups attached to an aromatic ring is 1. The third-order valence-electron chi connectivity index (χ3n) is 6.16. The molecule has 2 atom stereocenters. The summed E-state index contributed by atoms with van der Waals surface area (Å²) in [5, 5.41) is 15.9. The van der Waals surface area contributed by atoms with Gasteiger partial charge in [-0.05, 0) is 43.5 Å². The summed E-state index contributed by atoms with van der Waals surface area (Å²) in [6, 6.07) is 24.3. The Morgan fingerprint density at radius 1 is 0.897 bits per heavy atom. The number of hydrogen-bond acceptors (Lipinski definition) is 6. The Balaban J connectivity index is 1.62. The van der Waals surface area contributed by atoms with Crippen molar-refractivity contribution >= 4 is 29.3 Å². The normalized spacial score (nSPS) is 12.2. The van der Waals surface area contributed by atoms with Crippen LogP contribution >= 0.6 is 0 Å². The number of rotatable bonds is 13. The molecule has 3 rings (SSSR count). The Morgan fingerprint density at radius 2 is 1.51 bits per heavy atom. The first-order valence-corrected chi connectivity index (χ1v) is 12.9. The fourth-order valence-electron chi connectivity index (χ4n) is 4.15. The number of hydrogen-bond donors (Lipinski definition) is 5. The van der Waals surface area contributed by atoms with E-state index in [1.165, 1.54) is 0 Å². The minimum absolute atomic E-state index is 0.0812. The van der Waals surface area contributed by atoms with Crippen LogP contribution in [0.25, 0.3) is 0 Å². The standard InChI is InChI=1S/C30H35N5O4/c1-3-39-30(38)26(35-24-16-10-15-23(19-24)27(31)32)29(37)34-20(2)28(36)33-18-17-25(21-11-6-4-7-12-21)22-13-8-5-9-14-22/h4-16,19-20,25-26,35H,3,17-18H2,1-2H3,(H3,31,32)(H,33,36)(H,34,37). The molecule has 0 radical (unpaired) electrons. The highest BCUT2D eigenvalue weighted by atomic mass is 16.5. The summed E-state index contributed by atoms with van der Waals surface area (Å²) in [6.07, 6.45) is 0.667. The van der Waals surface area contributed by atoms with Crippen LogP contribution in [0, 0.1) is 5.41 Å². The van der Waals surface area contributed by atoms with E-state index in [1.807, 2.05) is 36.4 Å². The second-order valence-electron chi connectivity index (χ2n) is 9.01. The molecule has 0 aliphatic rings. The first-order chi connectivity index (χ1) is 18.8. The van der Waals surface area contributed by atoms with E-state index >= 15 is 0 Å². The smallest absolute Gasteiger partial charge is 0.338 e. The molecule has 9 heteroatoms. The summed E-state index contributed by atoms with van der Waals surface area (Å²) in [4.78, 5) is 38.4. The summed E-state index contributed by atoms with van der Waals surface area (Å²) in [5.41, 5.74) is 8.68. The third-order valence-corrected chi connectivity index (χ3v) is 6.16. The number of esters is 1. The molecular formula is C30H35N5O4. The molecule has 0 heterocycles. The highest BCUT2D eigenvalue weighted by Crippen LogP contribution is 2.27. The molecule has 0 aliphatic heterocycles. The van der Waals surface area contributed by atoms with Crippen molar-refractivity contribution in [3.63, 3.8) is 0 Å². The van der Waals surface area contributed by atoms with Crippen molar-refractivity contribution in [3.8, 4) is 0 Å². The fourth-order valence-corrected chi connectivity index (χ4v) is 4.15. The number of amidine groups is 1. The average molecular weight is 530 g/mol. The molecule has 0 spiro atoms. The molecule has 2 amide bonds. The zero-order chi connectivity index (χ0) is 28.2. The molecule has 9 nitrogen and oxygen atoms in total. The predicted molar refractivity (Wildman–Crippen MR) is 151 cm³/mol. The minimum Gasteiger partial charge on any atom is -0.464 e. The minimum atomic E-state index is -1.40. The van der Waals surface area contributed by atoms with Gasteiger partial charge in [-0.15, -0.1) is 0 Å². The van der Waals surface area contributed by atoms with Gasteiger partial charge in [0, 0.05) is 23.7 Å². The van der Waals surface area contributed by atoms with Crippen molar-refractivity contribution in [2.24, 2.45) is 5.73 Å². The van der Waals surface area contributed by atoms with Gasteiger partial charge in [-0.25, -0.2) is 4.79 Å². The molecule has 0 fully saturated rings. The number of carbonyl (C=O) groups is 3. The molecule has 2 unspecified atom stereocenters. The number of nitrogens with two attached hydrogens (primary N) is 1. The number of nitrogens with one attached hydrogen (secondary N) is 4. The highest BCUT2D eigenvalue weighted by molar-refractivity contribution is 6.06. The van der Waals surface area contributed by atoms with E-state index in [4.69, 9.17) is 15.9 Å². The van der Waals surface area contributed by atoms with E-state index in [2.05, 4.69) is 40.2 Å². The van der Waals surface area contributed by atoms with Crippen molar-refractivity contribution in [3.05, 3.63) is 102 Å². The SMILES string of the molecule is CCOC(=O)C(Nc1cccc(C(=N)N)c1)C(=O)NC(C)C(=O)NCCC(c1ccccc1)c1ccccc1. The van der Waals surface area contributed by atoms with Gasteiger partial charge in [0.2, 0.25) is 11.9 Å². The van der Waals surface area contributed by atoms with Crippen LogP contribution in [0.2, 0.25) is 0 Å². The Hall–Kier alpha value is -4.66. The largest absolute Gasteiger partial charge is 0.464 e. The quantitative estimate of drug-likeness (QED) is 0.0995. The molecule has 0 aromatic heterocycles. The topological polar surface area (TPSA) is 146 Å². The molecule has 3 aromatic carbocycles. The van der Waals surface area contributed by atoms with Crippen molar-refractivity contribution in [2.75, 3.05) is 18.5 Å². The van der Waals surface area contributed by atoms with E-state index in [-0.39, 0.29) is 24.3 Å². The zero-order valence-corrected chi connectivity index (χ0v) is 22.1. The molecule has 39 heavy (non-hydrogen) atoms. The van der Waals surface area contributed by atoms with Crippen LogP contribution in [0.4, 0.5) is 5.69 Å². The lowest BCUT2D eigenvalue weighted by Crippen LogP contribution is -2.52. The van der Waals surface area contributed by atoms with E-state index in [1.54, 1.807) is 38.1 Å². The van der Waals surface area contributed by atoms with Gasteiger partial charge < -0.3 is 26.4 Å². The van der Waals surface area contributed by atoms with Gasteiger partial charge >= 0.3 is 5.97 Å². The van der Waals surface area contributed by atoms with E-state index in [0.717, 1.165) is 11.1 Å². The van der Waals surface area contributed by atoms with Crippen molar-refractivity contribution in [1.29, 1.82) is 5.41 Å². The molecule has 0 saturated carbocycles. The Morgan fingerprint density at radius 3 is 2.08 bits per heavy atom. The monoisotopic (exact) mass is 529 g/mol. The Kier molecular flexibility index (Phi) is 10.6. The maximum Gasteiger partial charge on any atom is 0.338 e. The Bertz CT molecular complexity index is 1230. The summed E-state index contributed by atoms with van der Waals surface area (Å²) in [6.45, 7) is 3.66. The second-order valence-corrected chi connectivity index (χ2v) is 9.01. The van der Waals surface area contributed by atoms with Gasteiger partial charge in [0.15, 0.2) is 0 Å². The second kappa shape index (κ2) is 14.3. The lowest BCUT2D eigenvalue weighted by molar-refractivity contribution is -0.147. The van der Waals surface area contributed by atoms with E-state index in [0.29, 0.717) is 24.2 Å². The molecule has 6 N–H and O–H groups in total. The van der Waals surface area contributed by atoms with E-state index < -0.39 is 24.0 Å². The number of ether oxygens (including phenoxy) is 1.